The van der Waals surface area contributed by atoms with Gasteiger partial charge in [0.05, 0.1) is 11.3 Å². The molecule has 8 heteroatoms. The van der Waals surface area contributed by atoms with Crippen molar-refractivity contribution in [2.24, 2.45) is 0 Å². The maximum Gasteiger partial charge on any atom is 0.449 e. The van der Waals surface area contributed by atoms with Crippen LogP contribution in [0.15, 0.2) is 10.9 Å². The zero-order chi connectivity index (χ0) is 16.8. The predicted molar refractivity (Wildman–Crippen MR) is 77.9 cm³/mol. The molecule has 2 aromatic heterocycles. The molecule has 1 aliphatic heterocycles. The van der Waals surface area contributed by atoms with E-state index < -0.39 is 17.6 Å². The van der Waals surface area contributed by atoms with Crippen molar-refractivity contribution in [2.75, 3.05) is 6.54 Å². The summed E-state index contributed by atoms with van der Waals surface area (Å²) in [6.07, 6.45) is -4.30. The zero-order valence-electron chi connectivity index (χ0n) is 12.8. The van der Waals surface area contributed by atoms with Gasteiger partial charge in [-0.05, 0) is 25.5 Å². The van der Waals surface area contributed by atoms with Crippen LogP contribution in [0.5, 0.6) is 0 Å². The van der Waals surface area contributed by atoms with E-state index in [1.807, 2.05) is 29.8 Å². The molecule has 2 aromatic rings. The van der Waals surface area contributed by atoms with Gasteiger partial charge in [-0.25, -0.2) is 4.98 Å². The molecule has 23 heavy (non-hydrogen) atoms. The minimum Gasteiger partial charge on any atom is -0.362 e. The van der Waals surface area contributed by atoms with Crippen molar-refractivity contribution >= 4 is 0 Å². The number of rotatable bonds is 2. The Labute approximate surface area is 130 Å². The molecule has 0 saturated carbocycles. The van der Waals surface area contributed by atoms with E-state index in [0.717, 1.165) is 17.0 Å². The van der Waals surface area contributed by atoms with Gasteiger partial charge < -0.3 is 9.97 Å². The molecular weight excluding hydrogens is 309 g/mol. The molecule has 0 saturated heterocycles. The summed E-state index contributed by atoms with van der Waals surface area (Å²) in [6, 6.07) is 2.04. The molecule has 1 aliphatic rings. The van der Waals surface area contributed by atoms with E-state index in [1.54, 1.807) is 0 Å². The third-order valence-corrected chi connectivity index (χ3v) is 4.07. The van der Waals surface area contributed by atoms with Gasteiger partial charge in [-0.2, -0.15) is 13.2 Å². The Morgan fingerprint density at radius 2 is 2.04 bits per heavy atom. The van der Waals surface area contributed by atoms with Crippen LogP contribution in [-0.2, 0) is 25.7 Å². The first kappa shape index (κ1) is 15.8. The molecule has 0 fully saturated rings. The van der Waals surface area contributed by atoms with Gasteiger partial charge in [-0.3, -0.25) is 9.69 Å². The molecule has 0 bridgehead atoms. The lowest BCUT2D eigenvalue weighted by molar-refractivity contribution is -0.145. The van der Waals surface area contributed by atoms with Crippen LogP contribution in [0.3, 0.4) is 0 Å². The Hall–Kier alpha value is -2.09. The van der Waals surface area contributed by atoms with Crippen molar-refractivity contribution < 1.29 is 13.2 Å². The summed E-state index contributed by atoms with van der Waals surface area (Å²) >= 11 is 0. The van der Waals surface area contributed by atoms with E-state index in [1.165, 1.54) is 0 Å². The molecule has 0 unspecified atom stereocenters. The number of aromatic amines is 2. The topological polar surface area (TPSA) is 64.8 Å². The quantitative estimate of drug-likeness (QED) is 0.890. The lowest BCUT2D eigenvalue weighted by atomic mass is 10.1. The summed E-state index contributed by atoms with van der Waals surface area (Å²) in [5, 5.41) is 0. The van der Waals surface area contributed by atoms with Gasteiger partial charge in [-0.1, -0.05) is 0 Å². The largest absolute Gasteiger partial charge is 0.449 e. The first-order valence-electron chi connectivity index (χ1n) is 7.30. The van der Waals surface area contributed by atoms with Crippen LogP contribution in [0.1, 0.15) is 34.0 Å². The van der Waals surface area contributed by atoms with Crippen LogP contribution >= 0.6 is 0 Å². The molecule has 3 rings (SSSR count). The van der Waals surface area contributed by atoms with Crippen molar-refractivity contribution in [1.29, 1.82) is 0 Å². The van der Waals surface area contributed by atoms with Crippen molar-refractivity contribution in [3.8, 4) is 0 Å². The highest BCUT2D eigenvalue weighted by Crippen LogP contribution is 2.27. The maximum atomic E-state index is 12.7. The summed E-state index contributed by atoms with van der Waals surface area (Å²) in [4.78, 5) is 22.7. The summed E-state index contributed by atoms with van der Waals surface area (Å²) in [5.74, 6) is -1.22. The number of halogens is 3. The highest BCUT2D eigenvalue weighted by atomic mass is 19.4. The Kier molecular flexibility index (Phi) is 3.79. The van der Waals surface area contributed by atoms with Crippen molar-refractivity contribution in [3.05, 3.63) is 50.5 Å². The normalized spacial score (nSPS) is 15.7. The van der Waals surface area contributed by atoms with Crippen LogP contribution < -0.4 is 5.56 Å². The minimum atomic E-state index is -4.63. The van der Waals surface area contributed by atoms with Crippen molar-refractivity contribution in [1.82, 2.24) is 19.9 Å². The summed E-state index contributed by atoms with van der Waals surface area (Å²) in [7, 11) is 0. The monoisotopic (exact) mass is 326 g/mol. The second kappa shape index (κ2) is 5.52. The maximum absolute atomic E-state index is 12.7. The van der Waals surface area contributed by atoms with Crippen LogP contribution in [0.25, 0.3) is 0 Å². The molecule has 5 nitrogen and oxygen atoms in total. The summed E-state index contributed by atoms with van der Waals surface area (Å²) in [5.41, 5.74) is 3.13. The first-order chi connectivity index (χ1) is 10.7. The van der Waals surface area contributed by atoms with Crippen molar-refractivity contribution in [2.45, 2.75) is 39.5 Å². The molecule has 0 atom stereocenters. The molecule has 2 N–H and O–H groups in total. The number of nitrogens with one attached hydrogen (secondary N) is 2. The Morgan fingerprint density at radius 1 is 1.30 bits per heavy atom. The van der Waals surface area contributed by atoms with E-state index in [2.05, 4.69) is 9.97 Å². The minimum absolute atomic E-state index is 0.249. The number of nitrogens with zero attached hydrogens (tertiary/aromatic N) is 2. The fourth-order valence-electron chi connectivity index (χ4n) is 2.94. The van der Waals surface area contributed by atoms with Gasteiger partial charge in [0, 0.05) is 37.4 Å². The van der Waals surface area contributed by atoms with Crippen LogP contribution in [0.2, 0.25) is 0 Å². The van der Waals surface area contributed by atoms with Gasteiger partial charge in [0.2, 0.25) is 5.82 Å². The number of H-pyrrole nitrogens is 2. The highest BCUT2D eigenvalue weighted by molar-refractivity contribution is 5.26. The molecule has 0 radical (unpaired) electrons. The summed E-state index contributed by atoms with van der Waals surface area (Å²) < 4.78 is 38.1. The van der Waals surface area contributed by atoms with Crippen LogP contribution in [0.4, 0.5) is 13.2 Å². The van der Waals surface area contributed by atoms with E-state index in [-0.39, 0.29) is 5.69 Å². The van der Waals surface area contributed by atoms with E-state index >= 15 is 0 Å². The van der Waals surface area contributed by atoms with Gasteiger partial charge in [-0.15, -0.1) is 0 Å². The van der Waals surface area contributed by atoms with Gasteiger partial charge in [0.25, 0.3) is 5.56 Å². The van der Waals surface area contributed by atoms with Gasteiger partial charge >= 0.3 is 6.18 Å². The fourth-order valence-corrected chi connectivity index (χ4v) is 2.94. The molecule has 0 aliphatic carbocycles. The number of hydrogen-bond donors (Lipinski definition) is 2. The average Bonchev–Trinajstić information content (AvgIpc) is 2.76. The number of fused-ring (bicyclic) bond motifs is 1. The standard InChI is InChI=1S/C15H17F3N4O/c1-8-5-10(9(2)19-8)6-22-4-3-12-11(7-22)13(23)21-14(20-12)15(16,17)18/h5,19H,3-4,6-7H2,1-2H3,(H,20,21,23). The Balaban J connectivity index is 1.84. The van der Waals surface area contributed by atoms with E-state index in [4.69, 9.17) is 0 Å². The number of hydrogen-bond acceptors (Lipinski definition) is 3. The third kappa shape index (κ3) is 3.17. The molecule has 0 aromatic carbocycles. The fraction of sp³-hybridized carbons (Fsp3) is 0.467. The van der Waals surface area contributed by atoms with Gasteiger partial charge in [0.1, 0.15) is 0 Å². The smallest absolute Gasteiger partial charge is 0.362 e. The average molecular weight is 326 g/mol. The first-order valence-corrected chi connectivity index (χ1v) is 7.30. The lowest BCUT2D eigenvalue weighted by Gasteiger charge is -2.27. The van der Waals surface area contributed by atoms with E-state index in [9.17, 15) is 18.0 Å². The number of aryl methyl sites for hydroxylation is 2. The SMILES string of the molecule is Cc1cc(CN2CCc3nc(C(F)(F)F)[nH]c(=O)c3C2)c(C)[nH]1. The van der Waals surface area contributed by atoms with Crippen molar-refractivity contribution in [3.63, 3.8) is 0 Å². The zero-order valence-corrected chi connectivity index (χ0v) is 12.8. The lowest BCUT2D eigenvalue weighted by Crippen LogP contribution is -2.36. The molecule has 124 valence electrons. The summed E-state index contributed by atoms with van der Waals surface area (Å²) in [6.45, 7) is 5.47. The van der Waals surface area contributed by atoms with Crippen LogP contribution in [0, 0.1) is 13.8 Å². The molecular formula is C15H17F3N4O. The second-order valence-corrected chi connectivity index (χ2v) is 5.90. The number of alkyl halides is 3. The number of aromatic nitrogens is 3. The molecule has 3 heterocycles. The van der Waals surface area contributed by atoms with E-state index in [0.29, 0.717) is 31.6 Å². The third-order valence-electron chi connectivity index (χ3n) is 4.07. The highest BCUT2D eigenvalue weighted by Gasteiger charge is 2.35. The second-order valence-electron chi connectivity index (χ2n) is 5.90. The molecule has 0 spiro atoms. The van der Waals surface area contributed by atoms with Crippen LogP contribution in [-0.4, -0.2) is 26.4 Å². The predicted octanol–water partition coefficient (Wildman–Crippen LogP) is 2.29. The van der Waals surface area contributed by atoms with Gasteiger partial charge in [0.15, 0.2) is 0 Å². The molecule has 0 amide bonds. The Bertz CT molecular complexity index is 791. The Morgan fingerprint density at radius 3 is 2.65 bits per heavy atom.